The molecule has 5 heteroatoms. The normalized spacial score (nSPS) is 10.7. The lowest BCUT2D eigenvalue weighted by molar-refractivity contribution is -0.115. The van der Waals surface area contributed by atoms with E-state index in [1.165, 1.54) is 0 Å². The smallest absolute Gasteiger partial charge is 0.253 e. The van der Waals surface area contributed by atoms with Gasteiger partial charge in [-0.3, -0.25) is 9.59 Å². The van der Waals surface area contributed by atoms with Crippen LogP contribution in [-0.4, -0.2) is 42.4 Å². The summed E-state index contributed by atoms with van der Waals surface area (Å²) >= 11 is 0. The Balaban J connectivity index is 2.64. The summed E-state index contributed by atoms with van der Waals surface area (Å²) in [6, 6.07) is 7.36. The molecule has 0 heterocycles. The number of nitrogens with zero attached hydrogens (tertiary/aromatic N) is 1. The summed E-state index contributed by atoms with van der Waals surface area (Å²) in [5, 5.41) is 5.88. The fourth-order valence-electron chi connectivity index (χ4n) is 2.24. The summed E-state index contributed by atoms with van der Waals surface area (Å²) in [4.78, 5) is 26.1. The highest BCUT2D eigenvalue weighted by Crippen LogP contribution is 2.12. The van der Waals surface area contributed by atoms with Crippen molar-refractivity contribution in [1.82, 2.24) is 10.2 Å². The molecular weight excluding hydrogens is 290 g/mol. The Morgan fingerprint density at radius 1 is 1.04 bits per heavy atom. The number of hydrogen-bond acceptors (Lipinski definition) is 3. The zero-order chi connectivity index (χ0) is 17.2. The number of carbonyl (C=O) groups is 2. The lowest BCUT2D eigenvalue weighted by atomic mass is 10.1. The SMILES string of the molecule is CCCN(CCC)C(=O)c1ccc(NC(=O)CNC(C)C)cc1. The second-order valence-electron chi connectivity index (χ2n) is 5.95. The summed E-state index contributed by atoms with van der Waals surface area (Å²) < 4.78 is 0. The number of anilines is 1. The van der Waals surface area contributed by atoms with Gasteiger partial charge in [-0.2, -0.15) is 0 Å². The predicted molar refractivity (Wildman–Crippen MR) is 94.7 cm³/mol. The van der Waals surface area contributed by atoms with Crippen molar-refractivity contribution in [3.05, 3.63) is 29.8 Å². The van der Waals surface area contributed by atoms with Crippen LogP contribution in [0.15, 0.2) is 24.3 Å². The van der Waals surface area contributed by atoms with Crippen molar-refractivity contribution in [2.45, 2.75) is 46.6 Å². The molecule has 0 atom stereocenters. The third-order valence-electron chi connectivity index (χ3n) is 3.36. The molecule has 128 valence electrons. The van der Waals surface area contributed by atoms with Gasteiger partial charge in [-0.25, -0.2) is 0 Å². The van der Waals surface area contributed by atoms with Crippen LogP contribution in [0.25, 0.3) is 0 Å². The summed E-state index contributed by atoms with van der Waals surface area (Å²) in [5.41, 5.74) is 1.36. The van der Waals surface area contributed by atoms with Gasteiger partial charge in [-0.15, -0.1) is 0 Å². The fraction of sp³-hybridized carbons (Fsp3) is 0.556. The van der Waals surface area contributed by atoms with Crippen molar-refractivity contribution in [3.63, 3.8) is 0 Å². The maximum absolute atomic E-state index is 12.5. The van der Waals surface area contributed by atoms with E-state index >= 15 is 0 Å². The van der Waals surface area contributed by atoms with E-state index in [0.717, 1.165) is 25.9 Å². The van der Waals surface area contributed by atoms with Crippen molar-refractivity contribution in [1.29, 1.82) is 0 Å². The fourth-order valence-corrected chi connectivity index (χ4v) is 2.24. The van der Waals surface area contributed by atoms with E-state index in [9.17, 15) is 9.59 Å². The molecule has 0 spiro atoms. The first-order valence-corrected chi connectivity index (χ1v) is 8.40. The molecule has 1 aromatic carbocycles. The lowest BCUT2D eigenvalue weighted by Crippen LogP contribution is -2.33. The van der Waals surface area contributed by atoms with Crippen LogP contribution in [0, 0.1) is 0 Å². The van der Waals surface area contributed by atoms with Crippen LogP contribution in [0.5, 0.6) is 0 Å². The highest BCUT2D eigenvalue weighted by atomic mass is 16.2. The van der Waals surface area contributed by atoms with Crippen LogP contribution in [-0.2, 0) is 4.79 Å². The van der Waals surface area contributed by atoms with E-state index < -0.39 is 0 Å². The molecule has 0 aliphatic rings. The highest BCUT2D eigenvalue weighted by molar-refractivity contribution is 5.96. The van der Waals surface area contributed by atoms with Crippen molar-refractivity contribution in [3.8, 4) is 0 Å². The zero-order valence-corrected chi connectivity index (χ0v) is 14.7. The van der Waals surface area contributed by atoms with Crippen molar-refractivity contribution in [2.24, 2.45) is 0 Å². The minimum Gasteiger partial charge on any atom is -0.339 e. The Morgan fingerprint density at radius 2 is 1.61 bits per heavy atom. The standard InChI is InChI=1S/C18H29N3O2/c1-5-11-21(12-6-2)18(23)15-7-9-16(10-8-15)20-17(22)13-19-14(3)4/h7-10,14,19H,5-6,11-13H2,1-4H3,(H,20,22). The second kappa shape index (κ2) is 10.0. The summed E-state index contributed by atoms with van der Waals surface area (Å²) in [6.45, 7) is 9.94. The second-order valence-corrected chi connectivity index (χ2v) is 5.95. The van der Waals surface area contributed by atoms with Crippen LogP contribution >= 0.6 is 0 Å². The van der Waals surface area contributed by atoms with Gasteiger partial charge in [0.15, 0.2) is 0 Å². The number of nitrogens with one attached hydrogen (secondary N) is 2. The first kappa shape index (κ1) is 19.2. The predicted octanol–water partition coefficient (Wildman–Crippen LogP) is 2.89. The van der Waals surface area contributed by atoms with Gasteiger partial charge in [0.05, 0.1) is 6.54 Å². The monoisotopic (exact) mass is 319 g/mol. The van der Waals surface area contributed by atoms with Gasteiger partial charge >= 0.3 is 0 Å². The topological polar surface area (TPSA) is 61.4 Å². The Kier molecular flexibility index (Phi) is 8.33. The van der Waals surface area contributed by atoms with E-state index in [-0.39, 0.29) is 24.4 Å². The number of rotatable bonds is 9. The number of hydrogen-bond donors (Lipinski definition) is 2. The maximum atomic E-state index is 12.5. The molecule has 0 aromatic heterocycles. The molecule has 0 unspecified atom stereocenters. The molecule has 1 aromatic rings. The van der Waals surface area contributed by atoms with Crippen LogP contribution in [0.2, 0.25) is 0 Å². The average molecular weight is 319 g/mol. The van der Waals surface area contributed by atoms with Gasteiger partial charge in [0, 0.05) is 30.4 Å². The molecule has 0 saturated carbocycles. The molecule has 0 radical (unpaired) electrons. The van der Waals surface area contributed by atoms with Crippen LogP contribution < -0.4 is 10.6 Å². The van der Waals surface area contributed by atoms with Crippen LogP contribution in [0.1, 0.15) is 50.9 Å². The van der Waals surface area contributed by atoms with Crippen LogP contribution in [0.3, 0.4) is 0 Å². The molecule has 2 amide bonds. The van der Waals surface area contributed by atoms with Gasteiger partial charge in [0.1, 0.15) is 0 Å². The van der Waals surface area contributed by atoms with Gasteiger partial charge in [0.2, 0.25) is 5.91 Å². The third kappa shape index (κ3) is 6.82. The first-order chi connectivity index (χ1) is 11.0. The Morgan fingerprint density at radius 3 is 2.09 bits per heavy atom. The zero-order valence-electron chi connectivity index (χ0n) is 14.7. The van der Waals surface area contributed by atoms with Crippen molar-refractivity contribution in [2.75, 3.05) is 25.0 Å². The van der Waals surface area contributed by atoms with E-state index in [1.807, 2.05) is 18.7 Å². The van der Waals surface area contributed by atoms with Gasteiger partial charge in [-0.1, -0.05) is 27.7 Å². The average Bonchev–Trinajstić information content (AvgIpc) is 2.53. The molecule has 5 nitrogen and oxygen atoms in total. The van der Waals surface area contributed by atoms with Crippen LogP contribution in [0.4, 0.5) is 5.69 Å². The quantitative estimate of drug-likeness (QED) is 0.736. The minimum atomic E-state index is -0.0867. The Labute approximate surface area is 139 Å². The first-order valence-electron chi connectivity index (χ1n) is 8.40. The number of carbonyl (C=O) groups excluding carboxylic acids is 2. The molecule has 0 fully saturated rings. The van der Waals surface area contributed by atoms with E-state index in [2.05, 4.69) is 24.5 Å². The highest BCUT2D eigenvalue weighted by Gasteiger charge is 2.14. The summed E-state index contributed by atoms with van der Waals surface area (Å²) in [5.74, 6) is -0.0376. The van der Waals surface area contributed by atoms with Crippen molar-refractivity contribution >= 4 is 17.5 Å². The maximum Gasteiger partial charge on any atom is 0.253 e. The minimum absolute atomic E-state index is 0.0491. The molecule has 23 heavy (non-hydrogen) atoms. The molecule has 1 rings (SSSR count). The summed E-state index contributed by atoms with van der Waals surface area (Å²) in [6.07, 6.45) is 1.89. The van der Waals surface area contributed by atoms with Gasteiger partial charge < -0.3 is 15.5 Å². The van der Waals surface area contributed by atoms with Gasteiger partial charge in [0.25, 0.3) is 5.91 Å². The molecule has 0 bridgehead atoms. The largest absolute Gasteiger partial charge is 0.339 e. The third-order valence-corrected chi connectivity index (χ3v) is 3.36. The Hall–Kier alpha value is -1.88. The van der Waals surface area contributed by atoms with E-state index in [4.69, 9.17) is 0 Å². The van der Waals surface area contributed by atoms with E-state index in [0.29, 0.717) is 11.3 Å². The number of benzene rings is 1. The lowest BCUT2D eigenvalue weighted by Gasteiger charge is -2.21. The molecule has 2 N–H and O–H groups in total. The number of amides is 2. The molecule has 0 saturated heterocycles. The molecular formula is C18H29N3O2. The van der Waals surface area contributed by atoms with E-state index in [1.54, 1.807) is 24.3 Å². The van der Waals surface area contributed by atoms with Crippen molar-refractivity contribution < 1.29 is 9.59 Å². The molecule has 0 aliphatic heterocycles. The Bertz CT molecular complexity index is 491. The summed E-state index contributed by atoms with van der Waals surface area (Å²) in [7, 11) is 0. The van der Waals surface area contributed by atoms with Gasteiger partial charge in [-0.05, 0) is 37.1 Å². The molecule has 0 aliphatic carbocycles.